The van der Waals surface area contributed by atoms with Gasteiger partial charge in [-0.15, -0.1) is 0 Å². The number of rotatable bonds is 1. The second-order valence-corrected chi connectivity index (χ2v) is 5.10. The summed E-state index contributed by atoms with van der Waals surface area (Å²) in [6, 6.07) is 1.66. The molecule has 0 bridgehead atoms. The molecule has 1 unspecified atom stereocenters. The first-order chi connectivity index (χ1) is 7.08. The van der Waals surface area contributed by atoms with Crippen molar-refractivity contribution in [3.05, 3.63) is 17.3 Å². The monoisotopic (exact) mass is 289 g/mol. The molecule has 0 spiro atoms. The van der Waals surface area contributed by atoms with Crippen LogP contribution in [-0.2, 0) is 4.79 Å². The second-order valence-electron chi connectivity index (χ2n) is 3.36. The molecule has 80 valence electrons. The maximum Gasteiger partial charge on any atom is 0.228 e. The standard InChI is InChI=1S/C9H9BrClN3O/c10-5-1-8(15)14(4-5)7-2-6(11)3-13-9(7)12/h2-3,5H,1,4H2,(H2,12,13). The first-order valence-corrected chi connectivity index (χ1v) is 5.72. The van der Waals surface area contributed by atoms with Crippen LogP contribution in [0, 0.1) is 0 Å². The van der Waals surface area contributed by atoms with E-state index >= 15 is 0 Å². The summed E-state index contributed by atoms with van der Waals surface area (Å²) < 4.78 is 0. The van der Waals surface area contributed by atoms with Gasteiger partial charge in [0.15, 0.2) is 0 Å². The predicted molar refractivity (Wildman–Crippen MR) is 63.3 cm³/mol. The molecule has 1 amide bonds. The number of carbonyl (C=O) groups excluding carboxylic acids is 1. The van der Waals surface area contributed by atoms with Crippen LogP contribution in [0.15, 0.2) is 12.3 Å². The van der Waals surface area contributed by atoms with E-state index in [0.717, 1.165) is 0 Å². The van der Waals surface area contributed by atoms with Crippen LogP contribution < -0.4 is 10.6 Å². The zero-order valence-electron chi connectivity index (χ0n) is 7.78. The molecule has 0 saturated carbocycles. The molecule has 1 aliphatic rings. The normalized spacial score (nSPS) is 21.1. The van der Waals surface area contributed by atoms with E-state index in [2.05, 4.69) is 20.9 Å². The quantitative estimate of drug-likeness (QED) is 0.803. The largest absolute Gasteiger partial charge is 0.382 e. The number of aromatic nitrogens is 1. The third kappa shape index (κ3) is 2.08. The van der Waals surface area contributed by atoms with Gasteiger partial charge in [-0.3, -0.25) is 4.79 Å². The number of pyridine rings is 1. The molecule has 4 nitrogen and oxygen atoms in total. The summed E-state index contributed by atoms with van der Waals surface area (Å²) in [4.78, 5) is 17.3. The van der Waals surface area contributed by atoms with Crippen molar-refractivity contribution in [2.75, 3.05) is 17.2 Å². The van der Waals surface area contributed by atoms with Crippen LogP contribution in [0.25, 0.3) is 0 Å². The van der Waals surface area contributed by atoms with Crippen LogP contribution >= 0.6 is 27.5 Å². The van der Waals surface area contributed by atoms with Crippen molar-refractivity contribution < 1.29 is 4.79 Å². The SMILES string of the molecule is Nc1ncc(Cl)cc1N1CC(Br)CC1=O. The van der Waals surface area contributed by atoms with Gasteiger partial charge in [0.05, 0.1) is 10.7 Å². The van der Waals surface area contributed by atoms with E-state index in [1.807, 2.05) is 0 Å². The van der Waals surface area contributed by atoms with Gasteiger partial charge in [0.2, 0.25) is 5.91 Å². The lowest BCUT2D eigenvalue weighted by Gasteiger charge is -2.17. The van der Waals surface area contributed by atoms with Crippen LogP contribution in [0.1, 0.15) is 6.42 Å². The Kier molecular flexibility index (Phi) is 2.84. The highest BCUT2D eigenvalue weighted by atomic mass is 79.9. The van der Waals surface area contributed by atoms with E-state index in [4.69, 9.17) is 17.3 Å². The van der Waals surface area contributed by atoms with E-state index in [-0.39, 0.29) is 10.7 Å². The van der Waals surface area contributed by atoms with Crippen LogP contribution in [0.4, 0.5) is 11.5 Å². The average molecular weight is 291 g/mol. The molecule has 1 aromatic heterocycles. The van der Waals surface area contributed by atoms with E-state index in [1.54, 1.807) is 11.0 Å². The highest BCUT2D eigenvalue weighted by Gasteiger charge is 2.30. The molecule has 1 aliphatic heterocycles. The van der Waals surface area contributed by atoms with Crippen LogP contribution in [0.2, 0.25) is 5.02 Å². The summed E-state index contributed by atoms with van der Waals surface area (Å²) >= 11 is 9.21. The van der Waals surface area contributed by atoms with Crippen molar-refractivity contribution in [3.8, 4) is 0 Å². The van der Waals surface area contributed by atoms with Gasteiger partial charge in [-0.25, -0.2) is 4.98 Å². The zero-order chi connectivity index (χ0) is 11.0. The number of hydrogen-bond donors (Lipinski definition) is 1. The Balaban J connectivity index is 2.37. The number of hydrogen-bond acceptors (Lipinski definition) is 3. The Labute approximate surface area is 101 Å². The maximum atomic E-state index is 11.6. The first kappa shape index (κ1) is 10.7. The zero-order valence-corrected chi connectivity index (χ0v) is 10.1. The Morgan fingerprint density at radius 2 is 2.40 bits per heavy atom. The summed E-state index contributed by atoms with van der Waals surface area (Å²) in [6.07, 6.45) is 1.94. The Morgan fingerprint density at radius 3 is 3.00 bits per heavy atom. The van der Waals surface area contributed by atoms with Gasteiger partial charge in [-0.05, 0) is 6.07 Å². The molecule has 0 aliphatic carbocycles. The number of carbonyl (C=O) groups is 1. The molecular formula is C9H9BrClN3O. The number of anilines is 2. The molecule has 2 N–H and O–H groups in total. The molecule has 1 fully saturated rings. The molecule has 1 saturated heterocycles. The predicted octanol–water partition coefficient (Wildman–Crippen LogP) is 1.82. The molecule has 2 heterocycles. The number of nitrogens with zero attached hydrogens (tertiary/aromatic N) is 2. The molecule has 0 aromatic carbocycles. The smallest absolute Gasteiger partial charge is 0.228 e. The van der Waals surface area contributed by atoms with Crippen LogP contribution in [-0.4, -0.2) is 22.3 Å². The molecule has 2 rings (SSSR count). The molecule has 6 heteroatoms. The van der Waals surface area contributed by atoms with Gasteiger partial charge in [0, 0.05) is 24.0 Å². The number of alkyl halides is 1. The minimum Gasteiger partial charge on any atom is -0.382 e. The van der Waals surface area contributed by atoms with Crippen LogP contribution in [0.5, 0.6) is 0 Å². The average Bonchev–Trinajstić information content (AvgIpc) is 2.50. The van der Waals surface area contributed by atoms with Crippen molar-refractivity contribution in [1.82, 2.24) is 4.98 Å². The lowest BCUT2D eigenvalue weighted by molar-refractivity contribution is -0.117. The number of amides is 1. The van der Waals surface area contributed by atoms with Gasteiger partial charge in [-0.2, -0.15) is 0 Å². The topological polar surface area (TPSA) is 59.2 Å². The highest BCUT2D eigenvalue weighted by molar-refractivity contribution is 9.09. The molecular weight excluding hydrogens is 281 g/mol. The van der Waals surface area contributed by atoms with Crippen molar-refractivity contribution in [1.29, 1.82) is 0 Å². The number of nitrogen functional groups attached to an aromatic ring is 1. The fourth-order valence-electron chi connectivity index (χ4n) is 1.55. The summed E-state index contributed by atoms with van der Waals surface area (Å²) in [5.74, 6) is 0.363. The maximum absolute atomic E-state index is 11.6. The summed E-state index contributed by atoms with van der Waals surface area (Å²) in [7, 11) is 0. The van der Waals surface area contributed by atoms with Crippen molar-refractivity contribution in [3.63, 3.8) is 0 Å². The summed E-state index contributed by atoms with van der Waals surface area (Å²) in [5, 5.41) is 0.477. The molecule has 15 heavy (non-hydrogen) atoms. The highest BCUT2D eigenvalue weighted by Crippen LogP contribution is 2.30. The van der Waals surface area contributed by atoms with E-state index in [1.165, 1.54) is 6.20 Å². The Bertz CT molecular complexity index is 412. The van der Waals surface area contributed by atoms with E-state index in [9.17, 15) is 4.79 Å². The lowest BCUT2D eigenvalue weighted by Crippen LogP contribution is -2.25. The van der Waals surface area contributed by atoms with Gasteiger partial charge in [0.1, 0.15) is 5.82 Å². The third-order valence-corrected chi connectivity index (χ3v) is 3.05. The lowest BCUT2D eigenvalue weighted by atomic mass is 10.3. The van der Waals surface area contributed by atoms with Gasteiger partial charge < -0.3 is 10.6 Å². The van der Waals surface area contributed by atoms with E-state index < -0.39 is 0 Å². The summed E-state index contributed by atoms with van der Waals surface area (Å²) in [6.45, 7) is 0.602. The fourth-order valence-corrected chi connectivity index (χ4v) is 2.27. The van der Waals surface area contributed by atoms with Gasteiger partial charge in [-0.1, -0.05) is 27.5 Å². The van der Waals surface area contributed by atoms with E-state index in [0.29, 0.717) is 29.5 Å². The minimum absolute atomic E-state index is 0.0349. The van der Waals surface area contributed by atoms with Gasteiger partial charge in [0.25, 0.3) is 0 Å². The van der Waals surface area contributed by atoms with Crippen LogP contribution in [0.3, 0.4) is 0 Å². The Hall–Kier alpha value is -0.810. The molecule has 0 radical (unpaired) electrons. The van der Waals surface area contributed by atoms with Crippen molar-refractivity contribution >= 4 is 44.9 Å². The van der Waals surface area contributed by atoms with Crippen molar-refractivity contribution in [2.45, 2.75) is 11.2 Å². The second kappa shape index (κ2) is 3.98. The van der Waals surface area contributed by atoms with Crippen molar-refractivity contribution in [2.24, 2.45) is 0 Å². The summed E-state index contributed by atoms with van der Waals surface area (Å²) in [5.41, 5.74) is 6.29. The molecule has 1 aromatic rings. The number of halogens is 2. The minimum atomic E-state index is 0.0349. The number of nitrogens with two attached hydrogens (primary N) is 1. The Morgan fingerprint density at radius 1 is 1.67 bits per heavy atom. The van der Waals surface area contributed by atoms with Gasteiger partial charge >= 0.3 is 0 Å². The fraction of sp³-hybridized carbons (Fsp3) is 0.333. The first-order valence-electron chi connectivity index (χ1n) is 4.43. The third-order valence-electron chi connectivity index (χ3n) is 2.23. The molecule has 1 atom stereocenters.